The fraction of sp³-hybridized carbons (Fsp3) is 0.231. The SMILES string of the molecule is CC.CC.CC(C)(C1=CC=CCC1)c1ccc(N(c2ccc(C(C)(C)c3ccccc3)cc2)c2c3ccccc3c(N(c3ccc(C(C)(C)c4ccccc4)cc3)c3ccc(C(C)(C)c4ccccc4)cc3)c3ccccc23)cc1. The summed E-state index contributed by atoms with van der Waals surface area (Å²) in [6.07, 6.45) is 8.99. The highest BCUT2D eigenvalue weighted by molar-refractivity contribution is 6.23. The lowest BCUT2D eigenvalue weighted by atomic mass is 9.74. The molecule has 10 aromatic carbocycles. The largest absolute Gasteiger partial charge is 0.309 e. The first kappa shape index (κ1) is 56.5. The van der Waals surface area contributed by atoms with Crippen molar-refractivity contribution in [1.82, 2.24) is 0 Å². The lowest BCUT2D eigenvalue weighted by molar-refractivity contribution is 0.590. The molecule has 0 saturated carbocycles. The van der Waals surface area contributed by atoms with Crippen molar-refractivity contribution in [3.63, 3.8) is 0 Å². The van der Waals surface area contributed by atoms with Crippen molar-refractivity contribution in [2.75, 3.05) is 9.80 Å². The van der Waals surface area contributed by atoms with E-state index in [9.17, 15) is 0 Å². The normalized spacial score (nSPS) is 12.7. The van der Waals surface area contributed by atoms with Crippen LogP contribution >= 0.6 is 0 Å². The average molecular weight is 1050 g/mol. The number of anilines is 6. The molecule has 0 radical (unpaired) electrons. The van der Waals surface area contributed by atoms with Crippen LogP contribution in [0.2, 0.25) is 0 Å². The monoisotopic (exact) mass is 1050 g/mol. The van der Waals surface area contributed by atoms with Crippen LogP contribution in [0.15, 0.2) is 260 Å². The summed E-state index contributed by atoms with van der Waals surface area (Å²) in [5.74, 6) is 0. The van der Waals surface area contributed by atoms with Crippen LogP contribution in [0.4, 0.5) is 34.1 Å². The molecule has 0 saturated heterocycles. The van der Waals surface area contributed by atoms with Crippen molar-refractivity contribution in [3.8, 4) is 0 Å². The number of nitrogens with zero attached hydrogens (tertiary/aromatic N) is 2. The summed E-state index contributed by atoms with van der Waals surface area (Å²) in [5, 5.41) is 4.67. The molecule has 0 amide bonds. The Balaban J connectivity index is 0.00000189. The number of benzene rings is 10. The Bertz CT molecular complexity index is 3540. The van der Waals surface area contributed by atoms with Crippen molar-refractivity contribution < 1.29 is 0 Å². The molecule has 0 spiro atoms. The van der Waals surface area contributed by atoms with Gasteiger partial charge in [0.15, 0.2) is 0 Å². The summed E-state index contributed by atoms with van der Waals surface area (Å²) in [5.41, 5.74) is 16.5. The van der Waals surface area contributed by atoms with Crippen molar-refractivity contribution in [1.29, 1.82) is 0 Å². The van der Waals surface area contributed by atoms with Gasteiger partial charge in [-0.05, 0) is 100 Å². The fourth-order valence-corrected chi connectivity index (χ4v) is 11.9. The van der Waals surface area contributed by atoms with Gasteiger partial charge in [-0.1, -0.05) is 295 Å². The first-order valence-corrected chi connectivity index (χ1v) is 29.2. The second kappa shape index (κ2) is 24.0. The van der Waals surface area contributed by atoms with Gasteiger partial charge in [0.05, 0.1) is 11.4 Å². The summed E-state index contributed by atoms with van der Waals surface area (Å²) in [6, 6.07) is 88.1. The lowest BCUT2D eigenvalue weighted by Gasteiger charge is -2.34. The van der Waals surface area contributed by atoms with Crippen LogP contribution in [0.3, 0.4) is 0 Å². The maximum atomic E-state index is 2.51. The Kier molecular flexibility index (Phi) is 17.0. The second-order valence-corrected chi connectivity index (χ2v) is 22.9. The molecule has 1 aliphatic carbocycles. The van der Waals surface area contributed by atoms with Crippen LogP contribution in [0, 0.1) is 0 Å². The quantitative estimate of drug-likeness (QED) is 0.0791. The molecule has 80 heavy (non-hydrogen) atoms. The number of allylic oxidation sites excluding steroid dienone is 4. The van der Waals surface area contributed by atoms with Gasteiger partial charge in [-0.2, -0.15) is 0 Å². The van der Waals surface area contributed by atoms with Crippen LogP contribution in [-0.4, -0.2) is 0 Å². The highest BCUT2D eigenvalue weighted by Gasteiger charge is 2.31. The number of rotatable bonds is 14. The third-order valence-corrected chi connectivity index (χ3v) is 17.0. The summed E-state index contributed by atoms with van der Waals surface area (Å²) >= 11 is 0. The molecule has 2 heteroatoms. The third-order valence-electron chi connectivity index (χ3n) is 17.0. The van der Waals surface area contributed by atoms with Gasteiger partial charge in [-0.15, -0.1) is 0 Å². The van der Waals surface area contributed by atoms with E-state index in [-0.39, 0.29) is 21.7 Å². The van der Waals surface area contributed by atoms with E-state index in [4.69, 9.17) is 0 Å². The summed E-state index contributed by atoms with van der Waals surface area (Å²) in [4.78, 5) is 5.02. The number of fused-ring (bicyclic) bond motifs is 2. The van der Waals surface area contributed by atoms with E-state index in [1.165, 1.54) is 66.1 Å². The van der Waals surface area contributed by atoms with Gasteiger partial charge in [-0.3, -0.25) is 0 Å². The van der Waals surface area contributed by atoms with E-state index in [0.29, 0.717) is 0 Å². The van der Waals surface area contributed by atoms with Gasteiger partial charge in [-0.25, -0.2) is 0 Å². The molecule has 10 aromatic rings. The zero-order valence-electron chi connectivity index (χ0n) is 49.6. The molecular formula is C78H82N2. The van der Waals surface area contributed by atoms with Crippen molar-refractivity contribution in [2.45, 2.75) is 118 Å². The minimum absolute atomic E-state index is 0.103. The fourth-order valence-electron chi connectivity index (χ4n) is 11.9. The van der Waals surface area contributed by atoms with Gasteiger partial charge in [0.2, 0.25) is 0 Å². The van der Waals surface area contributed by atoms with Gasteiger partial charge >= 0.3 is 0 Å². The van der Waals surface area contributed by atoms with E-state index in [1.807, 2.05) is 27.7 Å². The van der Waals surface area contributed by atoms with Crippen LogP contribution in [-0.2, 0) is 21.7 Å². The van der Waals surface area contributed by atoms with E-state index < -0.39 is 0 Å². The van der Waals surface area contributed by atoms with Crippen LogP contribution in [0.5, 0.6) is 0 Å². The summed E-state index contributed by atoms with van der Waals surface area (Å²) in [6.45, 7) is 26.7. The highest BCUT2D eigenvalue weighted by Crippen LogP contribution is 2.52. The Labute approximate surface area is 479 Å². The molecule has 2 nitrogen and oxygen atoms in total. The Hall–Kier alpha value is -8.20. The minimum atomic E-state index is -0.187. The molecular weight excluding hydrogens is 965 g/mol. The standard InChI is InChI=1S/C74H70N2.2C2H6/c1-71(2,53-25-13-9-14-26-53)57-37-45-61(46-38-57)75(62-47-39-58(40-48-62)72(3,4)54-27-15-10-16-28-54)69-65-33-21-23-35-67(65)70(68-36-24-22-34-66(68)69)76(63-49-41-59(42-50-63)73(5,6)55-29-17-11-18-30-55)64-51-43-60(44-52-64)74(7,8)56-31-19-12-20-32-56;2*1-2/h9-19,21-31,33-52H,20,32H2,1-8H3;2*1-2H3. The molecule has 0 bridgehead atoms. The van der Waals surface area contributed by atoms with Crippen molar-refractivity contribution in [2.24, 2.45) is 0 Å². The smallest absolute Gasteiger partial charge is 0.0619 e. The first-order chi connectivity index (χ1) is 38.7. The van der Waals surface area contributed by atoms with Gasteiger partial charge in [0.1, 0.15) is 0 Å². The van der Waals surface area contributed by atoms with E-state index in [0.717, 1.165) is 47.0 Å². The average Bonchev–Trinajstić information content (AvgIpc) is 3.69. The molecule has 0 atom stereocenters. The zero-order valence-corrected chi connectivity index (χ0v) is 49.6. The highest BCUT2D eigenvalue weighted by atomic mass is 15.2. The van der Waals surface area contributed by atoms with Crippen LogP contribution < -0.4 is 9.80 Å². The van der Waals surface area contributed by atoms with Gasteiger partial charge in [0, 0.05) is 66.0 Å². The first-order valence-electron chi connectivity index (χ1n) is 29.2. The van der Waals surface area contributed by atoms with Gasteiger partial charge < -0.3 is 9.80 Å². The number of hydrogen-bond acceptors (Lipinski definition) is 2. The molecule has 1 aliphatic rings. The minimum Gasteiger partial charge on any atom is -0.309 e. The Morgan fingerprint density at radius 2 is 0.512 bits per heavy atom. The number of hydrogen-bond donors (Lipinski definition) is 0. The maximum absolute atomic E-state index is 2.51. The maximum Gasteiger partial charge on any atom is 0.0619 e. The molecule has 0 unspecified atom stereocenters. The Morgan fingerprint density at radius 3 is 0.762 bits per heavy atom. The third kappa shape index (κ3) is 10.9. The predicted octanol–water partition coefficient (Wildman–Crippen LogP) is 22.5. The Morgan fingerprint density at radius 1 is 0.275 bits per heavy atom. The molecule has 11 rings (SSSR count). The molecule has 0 fully saturated rings. The summed E-state index contributed by atoms with van der Waals surface area (Å²) in [7, 11) is 0. The van der Waals surface area contributed by atoms with Crippen molar-refractivity contribution >= 4 is 55.7 Å². The lowest BCUT2D eigenvalue weighted by Crippen LogP contribution is -2.21. The van der Waals surface area contributed by atoms with Gasteiger partial charge in [0.25, 0.3) is 0 Å². The molecule has 0 aromatic heterocycles. The van der Waals surface area contributed by atoms with Crippen LogP contribution in [0.1, 0.15) is 135 Å². The molecule has 404 valence electrons. The second-order valence-electron chi connectivity index (χ2n) is 22.9. The van der Waals surface area contributed by atoms with E-state index >= 15 is 0 Å². The molecule has 0 aliphatic heterocycles. The summed E-state index contributed by atoms with van der Waals surface area (Å²) < 4.78 is 0. The predicted molar refractivity (Wildman–Crippen MR) is 349 cm³/mol. The molecule has 0 heterocycles. The molecule has 0 N–H and O–H groups in total. The zero-order chi connectivity index (χ0) is 56.7. The van der Waals surface area contributed by atoms with E-state index in [2.05, 4.69) is 320 Å². The topological polar surface area (TPSA) is 6.48 Å². The van der Waals surface area contributed by atoms with E-state index in [1.54, 1.807) is 0 Å². The van der Waals surface area contributed by atoms with Crippen LogP contribution in [0.25, 0.3) is 21.5 Å². The van der Waals surface area contributed by atoms with Crippen molar-refractivity contribution in [3.05, 3.63) is 299 Å².